The molecule has 0 aromatic carbocycles. The normalized spacial score (nSPS) is 31.2. The predicted octanol–water partition coefficient (Wildman–Crippen LogP) is 1.40. The van der Waals surface area contributed by atoms with Gasteiger partial charge in [0.25, 0.3) is 0 Å². The molecule has 2 atom stereocenters. The highest BCUT2D eigenvalue weighted by molar-refractivity contribution is 4.86. The second-order valence-electron chi connectivity index (χ2n) is 6.06. The van der Waals surface area contributed by atoms with E-state index in [1.807, 2.05) is 0 Å². The molecule has 0 spiro atoms. The van der Waals surface area contributed by atoms with Crippen LogP contribution in [0.4, 0.5) is 0 Å². The van der Waals surface area contributed by atoms with Crippen LogP contribution in [0.1, 0.15) is 32.1 Å². The van der Waals surface area contributed by atoms with Gasteiger partial charge < -0.3 is 15.1 Å². The topological polar surface area (TPSA) is 18.5 Å². The van der Waals surface area contributed by atoms with Crippen LogP contribution in [0.5, 0.6) is 0 Å². The molecule has 0 radical (unpaired) electrons. The zero-order valence-corrected chi connectivity index (χ0v) is 11.6. The van der Waals surface area contributed by atoms with Crippen LogP contribution >= 0.6 is 0 Å². The third-order valence-electron chi connectivity index (χ3n) is 4.29. The molecule has 2 saturated heterocycles. The number of hydrogen-bond donors (Lipinski definition) is 1. The first-order valence-electron chi connectivity index (χ1n) is 7.36. The van der Waals surface area contributed by atoms with Gasteiger partial charge >= 0.3 is 0 Å². The van der Waals surface area contributed by atoms with Crippen molar-refractivity contribution < 1.29 is 0 Å². The Hall–Kier alpha value is -0.120. The standard InChI is InChI=1S/C14H29N3/c1-16(2)9-5-11-17-10-4-6-13(12-17)14-7-3-8-15-14/h13-15H,3-12H2,1-2H3. The second-order valence-corrected chi connectivity index (χ2v) is 6.06. The Morgan fingerprint density at radius 2 is 2.12 bits per heavy atom. The minimum absolute atomic E-state index is 0.826. The van der Waals surface area contributed by atoms with Gasteiger partial charge in [-0.2, -0.15) is 0 Å². The third kappa shape index (κ3) is 4.23. The summed E-state index contributed by atoms with van der Waals surface area (Å²) in [6.45, 7) is 6.44. The van der Waals surface area contributed by atoms with Crippen molar-refractivity contribution in [2.75, 3.05) is 46.8 Å². The third-order valence-corrected chi connectivity index (χ3v) is 4.29. The summed E-state index contributed by atoms with van der Waals surface area (Å²) in [7, 11) is 4.34. The van der Waals surface area contributed by atoms with Gasteiger partial charge in [-0.05, 0) is 78.3 Å². The van der Waals surface area contributed by atoms with E-state index in [1.54, 1.807) is 0 Å². The van der Waals surface area contributed by atoms with Crippen molar-refractivity contribution in [2.45, 2.75) is 38.1 Å². The summed E-state index contributed by atoms with van der Waals surface area (Å²) in [6.07, 6.45) is 6.97. The van der Waals surface area contributed by atoms with Crippen molar-refractivity contribution in [3.05, 3.63) is 0 Å². The Morgan fingerprint density at radius 3 is 2.82 bits per heavy atom. The number of rotatable bonds is 5. The molecule has 0 aromatic rings. The number of piperidine rings is 1. The lowest BCUT2D eigenvalue weighted by molar-refractivity contribution is 0.147. The fourth-order valence-electron chi connectivity index (χ4n) is 3.35. The van der Waals surface area contributed by atoms with Crippen molar-refractivity contribution in [3.8, 4) is 0 Å². The number of likely N-dealkylation sites (tertiary alicyclic amines) is 1. The van der Waals surface area contributed by atoms with Gasteiger partial charge in [0.1, 0.15) is 0 Å². The summed E-state index contributed by atoms with van der Waals surface area (Å²) in [4.78, 5) is 4.98. The first-order chi connectivity index (χ1) is 8.25. The van der Waals surface area contributed by atoms with E-state index < -0.39 is 0 Å². The summed E-state index contributed by atoms with van der Waals surface area (Å²) in [5, 5.41) is 3.69. The van der Waals surface area contributed by atoms with Crippen LogP contribution in [-0.2, 0) is 0 Å². The lowest BCUT2D eigenvalue weighted by atomic mass is 9.90. The quantitative estimate of drug-likeness (QED) is 0.782. The molecule has 2 fully saturated rings. The molecular weight excluding hydrogens is 210 g/mol. The molecule has 0 aliphatic carbocycles. The van der Waals surface area contributed by atoms with Crippen molar-refractivity contribution >= 4 is 0 Å². The van der Waals surface area contributed by atoms with E-state index in [-0.39, 0.29) is 0 Å². The molecule has 2 heterocycles. The van der Waals surface area contributed by atoms with E-state index >= 15 is 0 Å². The summed E-state index contributed by atoms with van der Waals surface area (Å²) in [5.74, 6) is 0.922. The van der Waals surface area contributed by atoms with Crippen LogP contribution in [-0.4, -0.2) is 62.7 Å². The van der Waals surface area contributed by atoms with Crippen LogP contribution in [0.3, 0.4) is 0 Å². The molecule has 0 saturated carbocycles. The van der Waals surface area contributed by atoms with E-state index in [0.717, 1.165) is 12.0 Å². The molecule has 3 nitrogen and oxygen atoms in total. The van der Waals surface area contributed by atoms with Gasteiger partial charge in [-0.1, -0.05) is 0 Å². The van der Waals surface area contributed by atoms with Gasteiger partial charge in [0.15, 0.2) is 0 Å². The Labute approximate surface area is 107 Å². The minimum Gasteiger partial charge on any atom is -0.314 e. The van der Waals surface area contributed by atoms with Gasteiger partial charge in [0.2, 0.25) is 0 Å². The average Bonchev–Trinajstić information content (AvgIpc) is 2.82. The second kappa shape index (κ2) is 6.72. The van der Waals surface area contributed by atoms with E-state index in [9.17, 15) is 0 Å². The molecule has 0 bridgehead atoms. The van der Waals surface area contributed by atoms with Gasteiger partial charge in [0, 0.05) is 12.6 Å². The van der Waals surface area contributed by atoms with Crippen LogP contribution in [0.2, 0.25) is 0 Å². The Kier molecular flexibility index (Phi) is 5.26. The van der Waals surface area contributed by atoms with Crippen LogP contribution < -0.4 is 5.32 Å². The average molecular weight is 239 g/mol. The molecule has 17 heavy (non-hydrogen) atoms. The highest BCUT2D eigenvalue weighted by Gasteiger charge is 2.28. The van der Waals surface area contributed by atoms with Crippen molar-refractivity contribution in [3.63, 3.8) is 0 Å². The van der Waals surface area contributed by atoms with Crippen LogP contribution in [0.25, 0.3) is 0 Å². The fraction of sp³-hybridized carbons (Fsp3) is 1.00. The predicted molar refractivity (Wildman–Crippen MR) is 73.4 cm³/mol. The number of hydrogen-bond acceptors (Lipinski definition) is 3. The molecule has 2 aliphatic rings. The van der Waals surface area contributed by atoms with E-state index in [2.05, 4.69) is 29.2 Å². The molecule has 2 rings (SSSR count). The van der Waals surface area contributed by atoms with Gasteiger partial charge in [-0.3, -0.25) is 0 Å². The molecule has 100 valence electrons. The van der Waals surface area contributed by atoms with E-state index in [4.69, 9.17) is 0 Å². The zero-order valence-electron chi connectivity index (χ0n) is 11.6. The largest absolute Gasteiger partial charge is 0.314 e. The first-order valence-corrected chi connectivity index (χ1v) is 7.36. The highest BCUT2D eigenvalue weighted by Crippen LogP contribution is 2.24. The highest BCUT2D eigenvalue weighted by atomic mass is 15.1. The van der Waals surface area contributed by atoms with Gasteiger partial charge in [0.05, 0.1) is 0 Å². The summed E-state index contributed by atoms with van der Waals surface area (Å²) < 4.78 is 0. The lowest BCUT2D eigenvalue weighted by Gasteiger charge is -2.36. The maximum Gasteiger partial charge on any atom is 0.0108 e. The molecule has 0 amide bonds. The van der Waals surface area contributed by atoms with E-state index in [0.29, 0.717) is 0 Å². The smallest absolute Gasteiger partial charge is 0.0108 e. The minimum atomic E-state index is 0.826. The monoisotopic (exact) mass is 239 g/mol. The Bertz CT molecular complexity index is 212. The van der Waals surface area contributed by atoms with Crippen molar-refractivity contribution in [1.29, 1.82) is 0 Å². The molecule has 0 aromatic heterocycles. The summed E-state index contributed by atoms with van der Waals surface area (Å²) in [5.41, 5.74) is 0. The zero-order chi connectivity index (χ0) is 12.1. The molecule has 1 N–H and O–H groups in total. The lowest BCUT2D eigenvalue weighted by Crippen LogP contribution is -2.44. The molecule has 3 heteroatoms. The maximum atomic E-state index is 3.69. The molecule has 2 aliphatic heterocycles. The number of nitrogens with zero attached hydrogens (tertiary/aromatic N) is 2. The SMILES string of the molecule is CN(C)CCCN1CCCC(C2CCCN2)C1. The van der Waals surface area contributed by atoms with Gasteiger partial charge in [-0.15, -0.1) is 0 Å². The summed E-state index contributed by atoms with van der Waals surface area (Å²) >= 11 is 0. The summed E-state index contributed by atoms with van der Waals surface area (Å²) in [6, 6.07) is 0.826. The molecule has 2 unspecified atom stereocenters. The fourth-order valence-corrected chi connectivity index (χ4v) is 3.35. The maximum absolute atomic E-state index is 3.69. The number of nitrogens with one attached hydrogen (secondary N) is 1. The van der Waals surface area contributed by atoms with Gasteiger partial charge in [-0.25, -0.2) is 0 Å². The Balaban J connectivity index is 1.69. The van der Waals surface area contributed by atoms with Crippen LogP contribution in [0, 0.1) is 5.92 Å². The van der Waals surface area contributed by atoms with E-state index in [1.165, 1.54) is 64.8 Å². The van der Waals surface area contributed by atoms with Crippen LogP contribution in [0.15, 0.2) is 0 Å². The van der Waals surface area contributed by atoms with Crippen molar-refractivity contribution in [2.24, 2.45) is 5.92 Å². The first kappa shape index (κ1) is 13.3. The van der Waals surface area contributed by atoms with Crippen molar-refractivity contribution in [1.82, 2.24) is 15.1 Å². The Morgan fingerprint density at radius 1 is 1.24 bits per heavy atom. The molecular formula is C14H29N3.